The van der Waals surface area contributed by atoms with Gasteiger partial charge in [0, 0.05) is 25.2 Å². The fraction of sp³-hybridized carbons (Fsp3) is 0.200. The van der Waals surface area contributed by atoms with E-state index in [0.717, 1.165) is 11.3 Å². The van der Waals surface area contributed by atoms with Gasteiger partial charge in [0.1, 0.15) is 5.75 Å². The Bertz CT molecular complexity index is 604. The fourth-order valence-electron chi connectivity index (χ4n) is 1.76. The number of pyridine rings is 1. The second-order valence-electron chi connectivity index (χ2n) is 4.58. The van der Waals surface area contributed by atoms with Gasteiger partial charge >= 0.3 is 0 Å². The lowest BCUT2D eigenvalue weighted by Crippen LogP contribution is -2.21. The minimum atomic E-state index is -0.0265. The number of aromatic nitrogens is 1. The Morgan fingerprint density at radius 1 is 1.11 bits per heavy atom. The zero-order valence-electron chi connectivity index (χ0n) is 11.2. The molecule has 0 atom stereocenters. The van der Waals surface area contributed by atoms with Crippen LogP contribution >= 0.6 is 0 Å². The highest BCUT2D eigenvalue weighted by molar-refractivity contribution is 5.94. The van der Waals surface area contributed by atoms with Crippen LogP contribution in [0, 0.1) is 6.92 Å². The smallest absolute Gasteiger partial charge is 0.253 e. The zero-order chi connectivity index (χ0) is 14.0. The summed E-state index contributed by atoms with van der Waals surface area (Å²) in [7, 11) is 3.45. The van der Waals surface area contributed by atoms with Crippen molar-refractivity contribution in [3.05, 3.63) is 47.7 Å². The molecule has 1 amide bonds. The van der Waals surface area contributed by atoms with E-state index in [1.165, 1.54) is 4.90 Å². The minimum Gasteiger partial charge on any atom is -0.506 e. The summed E-state index contributed by atoms with van der Waals surface area (Å²) in [6.07, 6.45) is 0. The predicted octanol–water partition coefficient (Wildman–Crippen LogP) is 2.46. The van der Waals surface area contributed by atoms with Crippen LogP contribution in [0.15, 0.2) is 36.4 Å². The normalized spacial score (nSPS) is 10.3. The van der Waals surface area contributed by atoms with Gasteiger partial charge in [-0.15, -0.1) is 0 Å². The van der Waals surface area contributed by atoms with Gasteiger partial charge in [0.15, 0.2) is 0 Å². The second kappa shape index (κ2) is 5.10. The highest BCUT2D eigenvalue weighted by Crippen LogP contribution is 2.22. The maximum Gasteiger partial charge on any atom is 0.253 e. The van der Waals surface area contributed by atoms with Gasteiger partial charge < -0.3 is 10.0 Å². The van der Waals surface area contributed by atoms with Crippen molar-refractivity contribution in [1.29, 1.82) is 0 Å². The summed E-state index contributed by atoms with van der Waals surface area (Å²) in [6.45, 7) is 1.75. The molecule has 1 heterocycles. The number of benzene rings is 1. The molecule has 0 aliphatic heterocycles. The number of amides is 1. The molecule has 0 saturated carbocycles. The number of carbonyl (C=O) groups excluding carboxylic acids is 1. The number of hydrogen-bond donors (Lipinski definition) is 1. The second-order valence-corrected chi connectivity index (χ2v) is 4.58. The van der Waals surface area contributed by atoms with E-state index in [4.69, 9.17) is 0 Å². The molecular weight excluding hydrogens is 240 g/mol. The fourth-order valence-corrected chi connectivity index (χ4v) is 1.76. The van der Waals surface area contributed by atoms with Gasteiger partial charge in [-0.05, 0) is 31.2 Å². The lowest BCUT2D eigenvalue weighted by molar-refractivity contribution is 0.0827. The van der Waals surface area contributed by atoms with Gasteiger partial charge in [0.2, 0.25) is 0 Å². The van der Waals surface area contributed by atoms with Crippen molar-refractivity contribution in [3.63, 3.8) is 0 Å². The first-order valence-electron chi connectivity index (χ1n) is 5.98. The number of carbonyl (C=O) groups is 1. The van der Waals surface area contributed by atoms with Crippen molar-refractivity contribution >= 4 is 5.91 Å². The average Bonchev–Trinajstić information content (AvgIpc) is 2.41. The standard InChI is InChI=1S/C15H16N2O2/c1-10-14(18)9-8-13(16-10)11-4-6-12(7-5-11)15(19)17(2)3/h4-9,18H,1-3H3. The van der Waals surface area contributed by atoms with E-state index in [0.29, 0.717) is 11.3 Å². The first kappa shape index (κ1) is 13.1. The van der Waals surface area contributed by atoms with Crippen LogP contribution in [0.2, 0.25) is 0 Å². The molecule has 1 N–H and O–H groups in total. The van der Waals surface area contributed by atoms with Crippen LogP contribution in [-0.2, 0) is 0 Å². The summed E-state index contributed by atoms with van der Waals surface area (Å²) in [6, 6.07) is 10.6. The van der Waals surface area contributed by atoms with E-state index in [1.54, 1.807) is 45.3 Å². The third-order valence-electron chi connectivity index (χ3n) is 2.89. The molecule has 1 aromatic carbocycles. The molecule has 2 rings (SSSR count). The van der Waals surface area contributed by atoms with Crippen LogP contribution < -0.4 is 0 Å². The van der Waals surface area contributed by atoms with Crippen molar-refractivity contribution in [2.45, 2.75) is 6.92 Å². The molecule has 0 unspecified atom stereocenters. The molecule has 98 valence electrons. The van der Waals surface area contributed by atoms with Gasteiger partial charge in [0.05, 0.1) is 11.4 Å². The van der Waals surface area contributed by atoms with Crippen molar-refractivity contribution in [3.8, 4) is 17.0 Å². The number of hydrogen-bond acceptors (Lipinski definition) is 3. The lowest BCUT2D eigenvalue weighted by atomic mass is 10.1. The Kier molecular flexibility index (Phi) is 3.51. The summed E-state index contributed by atoms with van der Waals surface area (Å²) >= 11 is 0. The average molecular weight is 256 g/mol. The predicted molar refractivity (Wildman–Crippen MR) is 74.1 cm³/mol. The van der Waals surface area contributed by atoms with Crippen LogP contribution in [-0.4, -0.2) is 35.0 Å². The molecule has 0 aliphatic rings. The van der Waals surface area contributed by atoms with Gasteiger partial charge in [-0.1, -0.05) is 12.1 Å². The lowest BCUT2D eigenvalue weighted by Gasteiger charge is -2.10. The Labute approximate surface area is 112 Å². The van der Waals surface area contributed by atoms with Crippen molar-refractivity contribution < 1.29 is 9.90 Å². The quantitative estimate of drug-likeness (QED) is 0.898. The summed E-state index contributed by atoms with van der Waals surface area (Å²) in [5.41, 5.74) is 2.92. The number of aromatic hydroxyl groups is 1. The molecule has 0 radical (unpaired) electrons. The van der Waals surface area contributed by atoms with Gasteiger partial charge in [-0.25, -0.2) is 4.98 Å². The molecule has 4 nitrogen and oxygen atoms in total. The topological polar surface area (TPSA) is 53.4 Å². The zero-order valence-corrected chi connectivity index (χ0v) is 11.2. The van der Waals surface area contributed by atoms with Crippen molar-refractivity contribution in [2.75, 3.05) is 14.1 Å². The Hall–Kier alpha value is -2.36. The van der Waals surface area contributed by atoms with E-state index in [2.05, 4.69) is 4.98 Å². The summed E-state index contributed by atoms with van der Waals surface area (Å²) in [5.74, 6) is 0.157. The summed E-state index contributed by atoms with van der Waals surface area (Å²) < 4.78 is 0. The van der Waals surface area contributed by atoms with E-state index < -0.39 is 0 Å². The Morgan fingerprint density at radius 2 is 1.74 bits per heavy atom. The molecule has 4 heteroatoms. The molecule has 2 aromatic rings. The molecule has 0 aliphatic carbocycles. The molecule has 19 heavy (non-hydrogen) atoms. The molecule has 0 fully saturated rings. The van der Waals surface area contributed by atoms with E-state index in [-0.39, 0.29) is 11.7 Å². The summed E-state index contributed by atoms with van der Waals surface area (Å²) in [4.78, 5) is 17.6. The maximum absolute atomic E-state index is 11.8. The molecular formula is C15H16N2O2. The van der Waals surface area contributed by atoms with Crippen molar-refractivity contribution in [1.82, 2.24) is 9.88 Å². The van der Waals surface area contributed by atoms with E-state index in [9.17, 15) is 9.90 Å². The third-order valence-corrected chi connectivity index (χ3v) is 2.89. The molecule has 0 spiro atoms. The Morgan fingerprint density at radius 3 is 2.26 bits per heavy atom. The summed E-state index contributed by atoms with van der Waals surface area (Å²) in [5, 5.41) is 9.46. The Balaban J connectivity index is 2.32. The highest BCUT2D eigenvalue weighted by atomic mass is 16.3. The first-order chi connectivity index (χ1) is 8.99. The first-order valence-corrected chi connectivity index (χ1v) is 5.98. The molecule has 0 saturated heterocycles. The number of rotatable bonds is 2. The number of aryl methyl sites for hydroxylation is 1. The minimum absolute atomic E-state index is 0.0265. The molecule has 0 bridgehead atoms. The van der Waals surface area contributed by atoms with Crippen molar-refractivity contribution in [2.24, 2.45) is 0 Å². The van der Waals surface area contributed by atoms with Crippen LogP contribution in [0.5, 0.6) is 5.75 Å². The largest absolute Gasteiger partial charge is 0.506 e. The van der Waals surface area contributed by atoms with Crippen LogP contribution in [0.4, 0.5) is 0 Å². The van der Waals surface area contributed by atoms with E-state index in [1.807, 2.05) is 12.1 Å². The van der Waals surface area contributed by atoms with Crippen LogP contribution in [0.25, 0.3) is 11.3 Å². The van der Waals surface area contributed by atoms with Gasteiger partial charge in [0.25, 0.3) is 5.91 Å². The van der Waals surface area contributed by atoms with Crippen LogP contribution in [0.1, 0.15) is 16.1 Å². The maximum atomic E-state index is 11.8. The monoisotopic (exact) mass is 256 g/mol. The SMILES string of the molecule is Cc1nc(-c2ccc(C(=O)N(C)C)cc2)ccc1O. The molecule has 1 aromatic heterocycles. The third kappa shape index (κ3) is 2.73. The van der Waals surface area contributed by atoms with E-state index >= 15 is 0 Å². The number of nitrogens with zero attached hydrogens (tertiary/aromatic N) is 2. The van der Waals surface area contributed by atoms with Gasteiger partial charge in [-0.3, -0.25) is 4.79 Å². The van der Waals surface area contributed by atoms with Crippen LogP contribution in [0.3, 0.4) is 0 Å². The highest BCUT2D eigenvalue weighted by Gasteiger charge is 2.08. The van der Waals surface area contributed by atoms with Gasteiger partial charge in [-0.2, -0.15) is 0 Å².